The number of nitrogens with zero attached hydrogens (tertiary/aromatic N) is 2. The lowest BCUT2D eigenvalue weighted by molar-refractivity contribution is -0.142. The molecule has 1 saturated heterocycles. The van der Waals surface area contributed by atoms with Gasteiger partial charge in [-0.25, -0.2) is 0 Å². The number of carbonyl (C=O) groups is 2. The van der Waals surface area contributed by atoms with Crippen molar-refractivity contribution in [3.8, 4) is 0 Å². The van der Waals surface area contributed by atoms with Crippen molar-refractivity contribution in [2.24, 2.45) is 10.4 Å². The number of rotatable bonds is 3. The molecule has 1 fully saturated rings. The molecule has 2 heterocycles. The van der Waals surface area contributed by atoms with Crippen molar-refractivity contribution in [2.75, 3.05) is 19.7 Å². The van der Waals surface area contributed by atoms with E-state index in [1.54, 1.807) is 13.8 Å². The molecule has 6 heteroatoms. The SMILES string of the molecule is CC(C)(C)C(=O)NC(C)(C)C(=O)N1CCCC1C1=NCCCO1. The van der Waals surface area contributed by atoms with Crippen molar-refractivity contribution < 1.29 is 14.3 Å². The van der Waals surface area contributed by atoms with E-state index in [9.17, 15) is 9.59 Å². The Bertz CT molecular complexity index is 506. The van der Waals surface area contributed by atoms with Crippen LogP contribution in [0.15, 0.2) is 4.99 Å². The van der Waals surface area contributed by atoms with E-state index in [1.165, 1.54) is 0 Å². The van der Waals surface area contributed by atoms with Gasteiger partial charge in [-0.1, -0.05) is 20.8 Å². The average molecular weight is 323 g/mol. The predicted molar refractivity (Wildman–Crippen MR) is 89.3 cm³/mol. The Kier molecular flexibility index (Phi) is 5.01. The molecular formula is C17H29N3O3. The third kappa shape index (κ3) is 4.03. The molecule has 2 amide bonds. The van der Waals surface area contributed by atoms with Gasteiger partial charge in [0.2, 0.25) is 17.7 Å². The minimum atomic E-state index is -0.942. The molecule has 0 aromatic heterocycles. The zero-order valence-electron chi connectivity index (χ0n) is 14.9. The van der Waals surface area contributed by atoms with Gasteiger partial charge in [0.05, 0.1) is 6.61 Å². The Morgan fingerprint density at radius 2 is 1.91 bits per heavy atom. The second-order valence-corrected chi connectivity index (χ2v) is 7.91. The number of hydrogen-bond acceptors (Lipinski definition) is 4. The largest absolute Gasteiger partial charge is 0.479 e. The third-order valence-corrected chi connectivity index (χ3v) is 4.26. The first-order valence-corrected chi connectivity index (χ1v) is 8.44. The van der Waals surface area contributed by atoms with Crippen LogP contribution < -0.4 is 5.32 Å². The monoisotopic (exact) mass is 323 g/mol. The molecule has 0 radical (unpaired) electrons. The Morgan fingerprint density at radius 1 is 1.22 bits per heavy atom. The molecule has 1 atom stereocenters. The number of nitrogens with one attached hydrogen (secondary N) is 1. The van der Waals surface area contributed by atoms with Crippen molar-refractivity contribution >= 4 is 17.7 Å². The molecule has 130 valence electrons. The summed E-state index contributed by atoms with van der Waals surface area (Å²) in [6, 6.07) is -0.0892. The van der Waals surface area contributed by atoms with E-state index in [4.69, 9.17) is 4.74 Å². The summed E-state index contributed by atoms with van der Waals surface area (Å²) in [4.78, 5) is 31.5. The van der Waals surface area contributed by atoms with Gasteiger partial charge in [-0.05, 0) is 26.7 Å². The molecule has 0 aromatic carbocycles. The Balaban J connectivity index is 2.11. The molecule has 2 aliphatic rings. The van der Waals surface area contributed by atoms with Gasteiger partial charge < -0.3 is 15.0 Å². The molecule has 1 unspecified atom stereocenters. The molecule has 23 heavy (non-hydrogen) atoms. The van der Waals surface area contributed by atoms with Crippen LogP contribution in [-0.4, -0.2) is 53.9 Å². The van der Waals surface area contributed by atoms with Crippen LogP contribution >= 0.6 is 0 Å². The van der Waals surface area contributed by atoms with Gasteiger partial charge in [-0.2, -0.15) is 0 Å². The lowest BCUT2D eigenvalue weighted by atomic mass is 9.92. The van der Waals surface area contributed by atoms with Gasteiger partial charge in [0.15, 0.2) is 0 Å². The minimum absolute atomic E-state index is 0.0746. The van der Waals surface area contributed by atoms with Crippen LogP contribution in [0.3, 0.4) is 0 Å². The Hall–Kier alpha value is -1.59. The Labute approximate surface area is 138 Å². The first-order valence-electron chi connectivity index (χ1n) is 8.44. The van der Waals surface area contributed by atoms with Crippen LogP contribution in [0.4, 0.5) is 0 Å². The number of likely N-dealkylation sites (tertiary alicyclic amines) is 1. The summed E-state index contributed by atoms with van der Waals surface area (Å²) < 4.78 is 5.66. The summed E-state index contributed by atoms with van der Waals surface area (Å²) >= 11 is 0. The fraction of sp³-hybridized carbons (Fsp3) is 0.824. The maximum absolute atomic E-state index is 13.0. The van der Waals surface area contributed by atoms with Crippen molar-refractivity contribution in [2.45, 2.75) is 65.5 Å². The summed E-state index contributed by atoms with van der Waals surface area (Å²) in [5, 5.41) is 2.89. The highest BCUT2D eigenvalue weighted by Gasteiger charge is 2.42. The highest BCUT2D eigenvalue weighted by atomic mass is 16.5. The average Bonchev–Trinajstić information content (AvgIpc) is 2.95. The topological polar surface area (TPSA) is 71.0 Å². The lowest BCUT2D eigenvalue weighted by Crippen LogP contribution is -2.59. The number of ether oxygens (including phenoxy) is 1. The number of aliphatic imine (C=N–C) groups is 1. The Morgan fingerprint density at radius 3 is 2.48 bits per heavy atom. The maximum atomic E-state index is 13.0. The van der Waals surface area contributed by atoms with Crippen molar-refractivity contribution in [3.05, 3.63) is 0 Å². The van der Waals surface area contributed by atoms with E-state index >= 15 is 0 Å². The number of amides is 2. The summed E-state index contributed by atoms with van der Waals surface area (Å²) in [7, 11) is 0. The second kappa shape index (κ2) is 6.49. The van der Waals surface area contributed by atoms with Gasteiger partial charge in [0, 0.05) is 24.9 Å². The van der Waals surface area contributed by atoms with Crippen molar-refractivity contribution in [3.63, 3.8) is 0 Å². The van der Waals surface area contributed by atoms with Crippen LogP contribution in [0.25, 0.3) is 0 Å². The molecule has 0 saturated carbocycles. The van der Waals surface area contributed by atoms with Gasteiger partial charge in [0.25, 0.3) is 0 Å². The molecule has 2 rings (SSSR count). The van der Waals surface area contributed by atoms with Crippen molar-refractivity contribution in [1.29, 1.82) is 0 Å². The van der Waals surface area contributed by atoms with Crippen LogP contribution in [0.2, 0.25) is 0 Å². The van der Waals surface area contributed by atoms with Crippen molar-refractivity contribution in [1.82, 2.24) is 10.2 Å². The second-order valence-electron chi connectivity index (χ2n) is 7.91. The zero-order valence-corrected chi connectivity index (χ0v) is 14.9. The first kappa shape index (κ1) is 17.8. The fourth-order valence-corrected chi connectivity index (χ4v) is 2.83. The number of hydrogen-bond donors (Lipinski definition) is 1. The minimum Gasteiger partial charge on any atom is -0.479 e. The molecule has 2 aliphatic heterocycles. The lowest BCUT2D eigenvalue weighted by Gasteiger charge is -2.35. The maximum Gasteiger partial charge on any atom is 0.248 e. The van der Waals surface area contributed by atoms with Gasteiger partial charge >= 0.3 is 0 Å². The summed E-state index contributed by atoms with van der Waals surface area (Å²) in [6.45, 7) is 11.2. The van der Waals surface area contributed by atoms with Crippen LogP contribution in [0.1, 0.15) is 53.9 Å². The standard InChI is InChI=1S/C17H29N3O3/c1-16(2,3)14(21)19-17(4,5)15(22)20-10-6-8-12(20)13-18-9-7-11-23-13/h12H,6-11H2,1-5H3,(H,19,21). The first-order chi connectivity index (χ1) is 10.6. The molecule has 0 spiro atoms. The number of carbonyl (C=O) groups excluding carboxylic acids is 2. The fourth-order valence-electron chi connectivity index (χ4n) is 2.83. The van der Waals surface area contributed by atoms with Crippen LogP contribution in [0, 0.1) is 5.41 Å². The highest BCUT2D eigenvalue weighted by molar-refractivity contribution is 5.95. The van der Waals surface area contributed by atoms with E-state index in [1.807, 2.05) is 25.7 Å². The van der Waals surface area contributed by atoms with E-state index in [-0.39, 0.29) is 17.9 Å². The summed E-state index contributed by atoms with van der Waals surface area (Å²) in [5.74, 6) is 0.479. The third-order valence-electron chi connectivity index (χ3n) is 4.26. The molecule has 6 nitrogen and oxygen atoms in total. The summed E-state index contributed by atoms with van der Waals surface area (Å²) in [5.41, 5.74) is -1.47. The quantitative estimate of drug-likeness (QED) is 0.860. The van der Waals surface area contributed by atoms with Gasteiger partial charge in [-0.15, -0.1) is 0 Å². The molecule has 1 N–H and O–H groups in total. The molecule has 0 aromatic rings. The van der Waals surface area contributed by atoms with E-state index in [2.05, 4.69) is 10.3 Å². The van der Waals surface area contributed by atoms with Crippen LogP contribution in [-0.2, 0) is 14.3 Å². The van der Waals surface area contributed by atoms with Crippen LogP contribution in [0.5, 0.6) is 0 Å². The highest BCUT2D eigenvalue weighted by Crippen LogP contribution is 2.25. The van der Waals surface area contributed by atoms with Gasteiger partial charge in [-0.3, -0.25) is 14.6 Å². The predicted octanol–water partition coefficient (Wildman–Crippen LogP) is 1.74. The molecule has 0 bridgehead atoms. The van der Waals surface area contributed by atoms with E-state index in [0.717, 1.165) is 25.8 Å². The normalized spacial score (nSPS) is 22.4. The smallest absolute Gasteiger partial charge is 0.248 e. The van der Waals surface area contributed by atoms with E-state index in [0.29, 0.717) is 19.0 Å². The van der Waals surface area contributed by atoms with E-state index < -0.39 is 11.0 Å². The molecule has 0 aliphatic carbocycles. The molecular weight excluding hydrogens is 294 g/mol. The zero-order chi connectivity index (χ0) is 17.3. The van der Waals surface area contributed by atoms with Gasteiger partial charge in [0.1, 0.15) is 11.6 Å². The summed E-state index contributed by atoms with van der Waals surface area (Å²) in [6.07, 6.45) is 2.73.